The molecule has 0 aliphatic carbocycles. The largest absolute Gasteiger partial charge is 0.491 e. The number of alkyl halides is 1. The number of β-amino-alcohol motifs (C(OH)–C–C–N with tert-alkyl or cyclic N) is 1. The smallest absolute Gasteiger partial charge is 0.170 e. The van der Waals surface area contributed by atoms with Crippen molar-refractivity contribution >= 4 is 23.2 Å². The second-order valence-corrected chi connectivity index (χ2v) is 9.38. The molecule has 2 aromatic rings. The van der Waals surface area contributed by atoms with Crippen LogP contribution < -0.4 is 20.4 Å². The van der Waals surface area contributed by atoms with Crippen LogP contribution in [-0.2, 0) is 5.41 Å². The normalized spacial score (nSPS) is 15.7. The minimum absolute atomic E-state index is 0.0540. The standard InChI is InChI=1S/C24H31Cl2N3O5/c1-24(2,17-5-8-23(22(26)9-17)34-14-19(31)10-25)16-3-6-21(7-4-16)33-15-20(32)12-29-11-18(13-30)27-28-29/h3-9,11,19-20,27-28,30-32H,10,12-15H2,1-2H3/p+1/t19-,20+/m1/s1. The van der Waals surface area contributed by atoms with E-state index in [4.69, 9.17) is 37.8 Å². The van der Waals surface area contributed by atoms with Crippen molar-refractivity contribution in [2.45, 2.75) is 31.5 Å². The molecule has 10 heteroatoms. The molecule has 2 aromatic carbocycles. The van der Waals surface area contributed by atoms with Gasteiger partial charge in [-0.3, -0.25) is 5.01 Å². The van der Waals surface area contributed by atoms with Crippen LogP contribution in [-0.4, -0.2) is 64.8 Å². The molecule has 0 aromatic heterocycles. The summed E-state index contributed by atoms with van der Waals surface area (Å²) in [4.78, 5) is 0. The van der Waals surface area contributed by atoms with Gasteiger partial charge < -0.3 is 24.8 Å². The van der Waals surface area contributed by atoms with E-state index in [1.165, 1.54) is 0 Å². The quantitative estimate of drug-likeness (QED) is 0.216. The number of ether oxygens (including phenoxy) is 2. The number of hydrogen-bond donors (Lipinski definition) is 5. The second kappa shape index (κ2) is 12.1. The van der Waals surface area contributed by atoms with Crippen molar-refractivity contribution in [3.63, 3.8) is 0 Å². The van der Waals surface area contributed by atoms with Gasteiger partial charge in [0.25, 0.3) is 0 Å². The molecule has 0 saturated heterocycles. The average Bonchev–Trinajstić information content (AvgIpc) is 3.29. The third-order valence-corrected chi connectivity index (χ3v) is 6.26. The lowest BCUT2D eigenvalue weighted by Crippen LogP contribution is -2.91. The summed E-state index contributed by atoms with van der Waals surface area (Å²) in [5.74, 6) is 1.25. The average molecular weight is 513 g/mol. The number of hydrogen-bond acceptors (Lipinski definition) is 7. The number of hydrazine groups is 1. The summed E-state index contributed by atoms with van der Waals surface area (Å²) in [5.41, 5.74) is 7.15. The van der Waals surface area contributed by atoms with Gasteiger partial charge in [-0.1, -0.05) is 49.2 Å². The number of aliphatic hydroxyl groups excluding tert-OH is 3. The lowest BCUT2D eigenvalue weighted by molar-refractivity contribution is -0.678. The molecular formula is C24H32Cl2N3O5+. The fraction of sp³-hybridized carbons (Fsp3) is 0.417. The van der Waals surface area contributed by atoms with Crippen molar-refractivity contribution in [3.8, 4) is 11.5 Å². The minimum atomic E-state index is -0.748. The van der Waals surface area contributed by atoms with Gasteiger partial charge in [0.15, 0.2) is 5.70 Å². The van der Waals surface area contributed by atoms with Gasteiger partial charge in [-0.25, -0.2) is 5.43 Å². The first kappa shape index (κ1) is 26.6. The van der Waals surface area contributed by atoms with E-state index in [0.29, 0.717) is 23.1 Å². The molecule has 6 N–H and O–H groups in total. The summed E-state index contributed by atoms with van der Waals surface area (Å²) < 4.78 is 11.3. The van der Waals surface area contributed by atoms with Crippen LogP contribution in [0.2, 0.25) is 5.02 Å². The van der Waals surface area contributed by atoms with Crippen molar-refractivity contribution in [3.05, 3.63) is 70.5 Å². The van der Waals surface area contributed by atoms with Gasteiger partial charge in [0.2, 0.25) is 0 Å². The van der Waals surface area contributed by atoms with Crippen LogP contribution in [0.15, 0.2) is 54.4 Å². The molecule has 1 aliphatic heterocycles. The number of aliphatic hydroxyl groups is 3. The fourth-order valence-electron chi connectivity index (χ4n) is 3.48. The third kappa shape index (κ3) is 6.99. The maximum atomic E-state index is 10.2. The maximum Gasteiger partial charge on any atom is 0.170 e. The Hall–Kier alpha value is -2.04. The van der Waals surface area contributed by atoms with Gasteiger partial charge >= 0.3 is 0 Å². The van der Waals surface area contributed by atoms with Crippen LogP contribution in [0.25, 0.3) is 0 Å². The van der Waals surface area contributed by atoms with E-state index < -0.39 is 12.2 Å². The SMILES string of the molecule is CC(C)(c1ccc(OC[C@@H](O)CN2C=C(CO)[NH2+]N2)cc1)c1ccc(OC[C@H](O)CCl)c(Cl)c1. The molecule has 1 heterocycles. The van der Waals surface area contributed by atoms with Gasteiger partial charge in [-0.15, -0.1) is 11.6 Å². The van der Waals surface area contributed by atoms with Crippen LogP contribution in [0.1, 0.15) is 25.0 Å². The number of nitrogens with one attached hydrogen (secondary N) is 1. The van der Waals surface area contributed by atoms with E-state index in [1.54, 1.807) is 22.7 Å². The summed E-state index contributed by atoms with van der Waals surface area (Å²) >= 11 is 12.0. The Kier molecular flexibility index (Phi) is 9.44. The molecule has 0 amide bonds. The van der Waals surface area contributed by atoms with E-state index in [9.17, 15) is 10.2 Å². The van der Waals surface area contributed by atoms with Crippen molar-refractivity contribution in [2.24, 2.45) is 0 Å². The van der Waals surface area contributed by atoms with Gasteiger partial charge in [0.05, 0.1) is 23.6 Å². The molecule has 0 bridgehead atoms. The number of nitrogens with two attached hydrogens (primary N) is 1. The predicted octanol–water partition coefficient (Wildman–Crippen LogP) is 1.52. The van der Waals surface area contributed by atoms with Gasteiger partial charge in [-0.2, -0.15) is 0 Å². The van der Waals surface area contributed by atoms with Crippen LogP contribution in [0.5, 0.6) is 11.5 Å². The summed E-state index contributed by atoms with van der Waals surface area (Å²) in [6.45, 7) is 4.70. The first-order valence-electron chi connectivity index (χ1n) is 11.0. The molecule has 2 atom stereocenters. The van der Waals surface area contributed by atoms with Crippen molar-refractivity contribution in [1.82, 2.24) is 10.5 Å². The highest BCUT2D eigenvalue weighted by Crippen LogP contribution is 2.36. The van der Waals surface area contributed by atoms with Gasteiger partial charge in [0, 0.05) is 5.41 Å². The van der Waals surface area contributed by atoms with Crippen LogP contribution in [0.4, 0.5) is 0 Å². The molecule has 1 aliphatic rings. The number of benzene rings is 2. The lowest BCUT2D eigenvalue weighted by Gasteiger charge is -2.27. The Labute approximate surface area is 209 Å². The highest BCUT2D eigenvalue weighted by Gasteiger charge is 2.24. The fourth-order valence-corrected chi connectivity index (χ4v) is 3.80. The monoisotopic (exact) mass is 512 g/mol. The van der Waals surface area contributed by atoms with E-state index in [1.807, 2.05) is 36.4 Å². The molecule has 0 fully saturated rings. The predicted molar refractivity (Wildman–Crippen MR) is 131 cm³/mol. The number of rotatable bonds is 12. The molecule has 0 unspecified atom stereocenters. The molecule has 34 heavy (non-hydrogen) atoms. The Morgan fingerprint density at radius 1 is 1.03 bits per heavy atom. The Morgan fingerprint density at radius 2 is 1.71 bits per heavy atom. The Balaban J connectivity index is 1.57. The van der Waals surface area contributed by atoms with E-state index >= 15 is 0 Å². The molecule has 3 rings (SSSR count). The van der Waals surface area contributed by atoms with Crippen molar-refractivity contribution < 1.29 is 30.2 Å². The Bertz CT molecular complexity index is 972. The van der Waals surface area contributed by atoms with Crippen LogP contribution >= 0.6 is 23.2 Å². The maximum absolute atomic E-state index is 10.2. The zero-order valence-corrected chi connectivity index (χ0v) is 20.8. The van der Waals surface area contributed by atoms with Crippen molar-refractivity contribution in [1.29, 1.82) is 0 Å². The first-order chi connectivity index (χ1) is 16.2. The van der Waals surface area contributed by atoms with Crippen LogP contribution in [0.3, 0.4) is 0 Å². The summed E-state index contributed by atoms with van der Waals surface area (Å²) in [7, 11) is 0. The summed E-state index contributed by atoms with van der Waals surface area (Å²) in [6, 6.07) is 13.4. The van der Waals surface area contributed by atoms with Gasteiger partial charge in [0.1, 0.15) is 43.5 Å². The molecule has 0 spiro atoms. The first-order valence-corrected chi connectivity index (χ1v) is 11.9. The zero-order chi connectivity index (χ0) is 24.7. The lowest BCUT2D eigenvalue weighted by atomic mass is 9.78. The van der Waals surface area contributed by atoms with Crippen LogP contribution in [0, 0.1) is 0 Å². The molecule has 0 radical (unpaired) electrons. The molecule has 0 saturated carbocycles. The number of nitrogens with zero attached hydrogens (tertiary/aromatic N) is 1. The second-order valence-electron chi connectivity index (χ2n) is 8.67. The van der Waals surface area contributed by atoms with E-state index in [2.05, 4.69) is 19.4 Å². The molecule has 186 valence electrons. The highest BCUT2D eigenvalue weighted by atomic mass is 35.5. The van der Waals surface area contributed by atoms with Gasteiger partial charge in [-0.05, 0) is 35.4 Å². The summed E-state index contributed by atoms with van der Waals surface area (Å²) in [5, 5.41) is 31.1. The zero-order valence-electron chi connectivity index (χ0n) is 19.2. The highest BCUT2D eigenvalue weighted by molar-refractivity contribution is 6.32. The number of halogens is 2. The third-order valence-electron chi connectivity index (χ3n) is 5.61. The summed E-state index contributed by atoms with van der Waals surface area (Å²) in [6.07, 6.45) is 0.288. The number of quaternary nitrogens is 1. The molecule has 8 nitrogen and oxygen atoms in total. The topological polar surface area (TPSA) is 111 Å². The molecular weight excluding hydrogens is 481 g/mol. The van der Waals surface area contributed by atoms with Crippen molar-refractivity contribution in [2.75, 3.05) is 32.2 Å². The van der Waals surface area contributed by atoms with E-state index in [-0.39, 0.29) is 31.1 Å². The Morgan fingerprint density at radius 3 is 2.32 bits per heavy atom. The van der Waals surface area contributed by atoms with E-state index in [0.717, 1.165) is 16.8 Å². The minimum Gasteiger partial charge on any atom is -0.491 e.